The van der Waals surface area contributed by atoms with Crippen molar-refractivity contribution in [2.75, 3.05) is 20.3 Å². The SMILES string of the molecule is CNC(C)c1ccc(OCCO)c(C)c1. The van der Waals surface area contributed by atoms with Crippen molar-refractivity contribution in [3.05, 3.63) is 29.3 Å². The molecule has 0 saturated carbocycles. The zero-order valence-corrected chi connectivity index (χ0v) is 9.58. The molecule has 1 aromatic carbocycles. The molecule has 0 bridgehead atoms. The lowest BCUT2D eigenvalue weighted by atomic mass is 10.1. The predicted molar refractivity (Wildman–Crippen MR) is 61.2 cm³/mol. The second-order valence-electron chi connectivity index (χ2n) is 3.61. The molecule has 84 valence electrons. The fourth-order valence-electron chi connectivity index (χ4n) is 1.43. The van der Waals surface area contributed by atoms with E-state index in [1.54, 1.807) is 0 Å². The van der Waals surface area contributed by atoms with Gasteiger partial charge in [-0.15, -0.1) is 0 Å². The van der Waals surface area contributed by atoms with Crippen LogP contribution >= 0.6 is 0 Å². The highest BCUT2D eigenvalue weighted by molar-refractivity contribution is 5.37. The average molecular weight is 209 g/mol. The van der Waals surface area contributed by atoms with Crippen molar-refractivity contribution >= 4 is 0 Å². The van der Waals surface area contributed by atoms with E-state index in [4.69, 9.17) is 9.84 Å². The van der Waals surface area contributed by atoms with Crippen molar-refractivity contribution in [1.82, 2.24) is 5.32 Å². The summed E-state index contributed by atoms with van der Waals surface area (Å²) in [5.41, 5.74) is 2.34. The largest absolute Gasteiger partial charge is 0.491 e. The second-order valence-corrected chi connectivity index (χ2v) is 3.61. The minimum absolute atomic E-state index is 0.0497. The molecule has 15 heavy (non-hydrogen) atoms. The Hall–Kier alpha value is -1.06. The standard InChI is InChI=1S/C12H19NO2/c1-9-8-11(10(2)13-3)4-5-12(9)15-7-6-14/h4-5,8,10,13-14H,6-7H2,1-3H3. The van der Waals surface area contributed by atoms with Crippen molar-refractivity contribution < 1.29 is 9.84 Å². The number of rotatable bonds is 5. The van der Waals surface area contributed by atoms with Crippen LogP contribution in [0.15, 0.2) is 18.2 Å². The monoisotopic (exact) mass is 209 g/mol. The Bertz CT molecular complexity index is 312. The van der Waals surface area contributed by atoms with Gasteiger partial charge in [-0.25, -0.2) is 0 Å². The number of benzene rings is 1. The first kappa shape index (κ1) is 12.0. The lowest BCUT2D eigenvalue weighted by molar-refractivity contribution is 0.200. The van der Waals surface area contributed by atoms with E-state index in [1.165, 1.54) is 5.56 Å². The summed E-state index contributed by atoms with van der Waals surface area (Å²) in [5, 5.41) is 11.9. The molecular weight excluding hydrogens is 190 g/mol. The lowest BCUT2D eigenvalue weighted by Gasteiger charge is -2.14. The van der Waals surface area contributed by atoms with Gasteiger partial charge in [-0.1, -0.05) is 12.1 Å². The number of aryl methyl sites for hydroxylation is 1. The Morgan fingerprint density at radius 1 is 1.47 bits per heavy atom. The van der Waals surface area contributed by atoms with Crippen LogP contribution in [0.2, 0.25) is 0 Å². The van der Waals surface area contributed by atoms with E-state index in [9.17, 15) is 0 Å². The van der Waals surface area contributed by atoms with Crippen LogP contribution in [0.5, 0.6) is 5.75 Å². The first-order valence-corrected chi connectivity index (χ1v) is 5.20. The van der Waals surface area contributed by atoms with Gasteiger partial charge >= 0.3 is 0 Å². The van der Waals surface area contributed by atoms with Gasteiger partial charge in [0.25, 0.3) is 0 Å². The van der Waals surface area contributed by atoms with E-state index >= 15 is 0 Å². The van der Waals surface area contributed by atoms with E-state index in [0.717, 1.165) is 11.3 Å². The number of nitrogens with one attached hydrogen (secondary N) is 1. The van der Waals surface area contributed by atoms with Crippen molar-refractivity contribution in [2.24, 2.45) is 0 Å². The number of ether oxygens (including phenoxy) is 1. The number of hydrogen-bond acceptors (Lipinski definition) is 3. The van der Waals surface area contributed by atoms with E-state index in [0.29, 0.717) is 12.6 Å². The Morgan fingerprint density at radius 3 is 2.73 bits per heavy atom. The van der Waals surface area contributed by atoms with Gasteiger partial charge in [0, 0.05) is 6.04 Å². The molecule has 0 fully saturated rings. The molecule has 0 aliphatic heterocycles. The summed E-state index contributed by atoms with van der Waals surface area (Å²) < 4.78 is 5.38. The number of aliphatic hydroxyl groups excluding tert-OH is 1. The maximum atomic E-state index is 8.66. The van der Waals surface area contributed by atoms with Crippen LogP contribution in [-0.2, 0) is 0 Å². The number of aliphatic hydroxyl groups is 1. The van der Waals surface area contributed by atoms with Crippen molar-refractivity contribution in [1.29, 1.82) is 0 Å². The summed E-state index contributed by atoms with van der Waals surface area (Å²) in [6.45, 7) is 4.53. The van der Waals surface area contributed by atoms with Gasteiger partial charge in [0.1, 0.15) is 12.4 Å². The summed E-state index contributed by atoms with van der Waals surface area (Å²) in [4.78, 5) is 0. The molecule has 0 saturated heterocycles. The quantitative estimate of drug-likeness (QED) is 0.774. The summed E-state index contributed by atoms with van der Waals surface area (Å²) in [7, 11) is 1.94. The molecule has 1 aromatic rings. The van der Waals surface area contributed by atoms with Crippen LogP contribution in [0.3, 0.4) is 0 Å². The molecule has 3 heteroatoms. The minimum Gasteiger partial charge on any atom is -0.491 e. The van der Waals surface area contributed by atoms with Gasteiger partial charge in [0.05, 0.1) is 6.61 Å². The molecule has 0 heterocycles. The first-order valence-electron chi connectivity index (χ1n) is 5.20. The highest BCUT2D eigenvalue weighted by atomic mass is 16.5. The maximum Gasteiger partial charge on any atom is 0.122 e. The first-order chi connectivity index (χ1) is 7.19. The molecule has 1 atom stereocenters. The molecule has 0 aliphatic carbocycles. The van der Waals surface area contributed by atoms with Crippen molar-refractivity contribution in [3.63, 3.8) is 0 Å². The molecule has 1 unspecified atom stereocenters. The minimum atomic E-state index is 0.0497. The third kappa shape index (κ3) is 3.22. The highest BCUT2D eigenvalue weighted by Gasteiger charge is 2.05. The average Bonchev–Trinajstić information content (AvgIpc) is 2.26. The molecule has 0 radical (unpaired) electrons. The van der Waals surface area contributed by atoms with Crippen molar-refractivity contribution in [3.8, 4) is 5.75 Å². The fraction of sp³-hybridized carbons (Fsp3) is 0.500. The van der Waals surface area contributed by atoms with E-state index in [-0.39, 0.29) is 6.61 Å². The summed E-state index contributed by atoms with van der Waals surface area (Å²) in [5.74, 6) is 0.844. The van der Waals surface area contributed by atoms with Crippen LogP contribution in [0.1, 0.15) is 24.1 Å². The van der Waals surface area contributed by atoms with Gasteiger partial charge in [0.2, 0.25) is 0 Å². The van der Waals surface area contributed by atoms with Crippen molar-refractivity contribution in [2.45, 2.75) is 19.9 Å². The Balaban J connectivity index is 2.78. The van der Waals surface area contributed by atoms with Gasteiger partial charge in [0.15, 0.2) is 0 Å². The van der Waals surface area contributed by atoms with E-state index in [2.05, 4.69) is 18.3 Å². The van der Waals surface area contributed by atoms with Crippen LogP contribution in [0.4, 0.5) is 0 Å². The molecule has 0 amide bonds. The smallest absolute Gasteiger partial charge is 0.122 e. The Labute approximate surface area is 91.1 Å². The van der Waals surface area contributed by atoms with Crippen LogP contribution in [0.25, 0.3) is 0 Å². The topological polar surface area (TPSA) is 41.5 Å². The molecule has 0 spiro atoms. The van der Waals surface area contributed by atoms with Gasteiger partial charge in [-0.2, -0.15) is 0 Å². The Kier molecular flexibility index (Phi) is 4.59. The normalized spacial score (nSPS) is 12.5. The molecular formula is C12H19NO2. The molecule has 3 nitrogen and oxygen atoms in total. The van der Waals surface area contributed by atoms with Crippen LogP contribution in [0, 0.1) is 6.92 Å². The van der Waals surface area contributed by atoms with Gasteiger partial charge in [-0.05, 0) is 38.1 Å². The molecule has 0 aromatic heterocycles. The number of hydrogen-bond donors (Lipinski definition) is 2. The summed E-state index contributed by atoms with van der Waals surface area (Å²) >= 11 is 0. The van der Waals surface area contributed by atoms with E-state index < -0.39 is 0 Å². The zero-order chi connectivity index (χ0) is 11.3. The van der Waals surface area contributed by atoms with Crippen LogP contribution < -0.4 is 10.1 Å². The zero-order valence-electron chi connectivity index (χ0n) is 9.58. The molecule has 2 N–H and O–H groups in total. The third-order valence-electron chi connectivity index (χ3n) is 2.48. The third-order valence-corrected chi connectivity index (χ3v) is 2.48. The predicted octanol–water partition coefficient (Wildman–Crippen LogP) is 1.65. The second kappa shape index (κ2) is 5.73. The van der Waals surface area contributed by atoms with Crippen LogP contribution in [-0.4, -0.2) is 25.4 Å². The maximum absolute atomic E-state index is 8.66. The fourth-order valence-corrected chi connectivity index (χ4v) is 1.43. The molecule has 1 rings (SSSR count). The Morgan fingerprint density at radius 2 is 2.20 bits per heavy atom. The van der Waals surface area contributed by atoms with Gasteiger partial charge in [-0.3, -0.25) is 0 Å². The highest BCUT2D eigenvalue weighted by Crippen LogP contribution is 2.22. The summed E-state index contributed by atoms with van der Waals surface area (Å²) in [6, 6.07) is 6.44. The lowest BCUT2D eigenvalue weighted by Crippen LogP contribution is -2.12. The van der Waals surface area contributed by atoms with E-state index in [1.807, 2.05) is 26.1 Å². The summed E-state index contributed by atoms with van der Waals surface area (Å²) in [6.07, 6.45) is 0. The molecule has 0 aliphatic rings. The van der Waals surface area contributed by atoms with Gasteiger partial charge < -0.3 is 15.2 Å².